The molecule has 1 aromatic carbocycles. The number of aromatic nitrogens is 3. The topological polar surface area (TPSA) is 83.8 Å². The molecule has 0 spiro atoms. The minimum absolute atomic E-state index is 0.129. The quantitative estimate of drug-likeness (QED) is 0.604. The molecule has 3 aromatic rings. The Morgan fingerprint density at radius 1 is 1.32 bits per heavy atom. The molecule has 1 unspecified atom stereocenters. The van der Waals surface area contributed by atoms with E-state index in [1.165, 1.54) is 18.4 Å². The van der Waals surface area contributed by atoms with Crippen molar-refractivity contribution in [3.63, 3.8) is 0 Å². The number of likely N-dealkylation sites (N-methyl/N-ethyl adjacent to an activating group) is 1. The lowest BCUT2D eigenvalue weighted by molar-refractivity contribution is 0.0851. The molecule has 3 heterocycles. The summed E-state index contributed by atoms with van der Waals surface area (Å²) in [6, 6.07) is 11.0. The van der Waals surface area contributed by atoms with Crippen molar-refractivity contribution in [3.05, 3.63) is 48.3 Å². The van der Waals surface area contributed by atoms with Gasteiger partial charge in [-0.2, -0.15) is 5.10 Å². The SMILES string of the molecule is CC(C)OC(=O)N(C)CCNc1ccn2ncc(-c3ccc(C4CCCN4)cc3)c2n1. The number of ether oxygens (including phenoxy) is 1. The first-order chi connectivity index (χ1) is 15.0. The zero-order valence-electron chi connectivity index (χ0n) is 18.3. The Morgan fingerprint density at radius 3 is 2.84 bits per heavy atom. The molecule has 4 rings (SSSR count). The number of hydrogen-bond donors (Lipinski definition) is 2. The fraction of sp³-hybridized carbons (Fsp3) is 0.435. The average molecular weight is 423 g/mol. The van der Waals surface area contributed by atoms with Crippen LogP contribution in [-0.4, -0.2) is 58.4 Å². The van der Waals surface area contributed by atoms with Gasteiger partial charge in [0.05, 0.1) is 12.3 Å². The number of amides is 1. The lowest BCUT2D eigenvalue weighted by Crippen LogP contribution is -2.33. The van der Waals surface area contributed by atoms with E-state index in [0.29, 0.717) is 19.1 Å². The average Bonchev–Trinajstić information content (AvgIpc) is 3.43. The number of carbonyl (C=O) groups is 1. The third-order valence-corrected chi connectivity index (χ3v) is 5.46. The van der Waals surface area contributed by atoms with Crippen LogP contribution in [0.5, 0.6) is 0 Å². The minimum Gasteiger partial charge on any atom is -0.447 e. The Bertz CT molecular complexity index is 1020. The van der Waals surface area contributed by atoms with Crippen LogP contribution >= 0.6 is 0 Å². The largest absolute Gasteiger partial charge is 0.447 e. The van der Waals surface area contributed by atoms with Gasteiger partial charge in [0, 0.05) is 37.9 Å². The molecule has 0 bridgehead atoms. The van der Waals surface area contributed by atoms with Crippen LogP contribution < -0.4 is 10.6 Å². The number of fused-ring (bicyclic) bond motifs is 1. The second-order valence-corrected chi connectivity index (χ2v) is 8.19. The third kappa shape index (κ3) is 4.96. The summed E-state index contributed by atoms with van der Waals surface area (Å²) in [6.45, 7) is 5.85. The smallest absolute Gasteiger partial charge is 0.409 e. The van der Waals surface area contributed by atoms with E-state index in [0.717, 1.165) is 29.1 Å². The monoisotopic (exact) mass is 422 g/mol. The van der Waals surface area contributed by atoms with Gasteiger partial charge in [-0.25, -0.2) is 14.3 Å². The molecule has 1 fully saturated rings. The van der Waals surface area contributed by atoms with Gasteiger partial charge in [-0.15, -0.1) is 0 Å². The Kier molecular flexibility index (Phi) is 6.36. The van der Waals surface area contributed by atoms with Crippen LogP contribution in [0.15, 0.2) is 42.7 Å². The number of nitrogens with zero attached hydrogens (tertiary/aromatic N) is 4. The van der Waals surface area contributed by atoms with E-state index in [1.54, 1.807) is 16.5 Å². The maximum Gasteiger partial charge on any atom is 0.409 e. The second kappa shape index (κ2) is 9.34. The van der Waals surface area contributed by atoms with Crippen molar-refractivity contribution in [2.75, 3.05) is 32.0 Å². The number of carbonyl (C=O) groups excluding carboxylic acids is 1. The molecule has 0 aliphatic carbocycles. The summed E-state index contributed by atoms with van der Waals surface area (Å²) in [6.07, 6.45) is 5.71. The number of rotatable bonds is 7. The molecule has 8 heteroatoms. The standard InChI is InChI=1S/C23H30N6O2/c1-16(2)31-23(30)28(3)14-12-25-21-10-13-29-22(27-21)19(15-26-29)17-6-8-18(9-7-17)20-5-4-11-24-20/h6-10,13,15-16,20,24H,4-5,11-12,14H2,1-3H3,(H,25,27). The van der Waals surface area contributed by atoms with Crippen LogP contribution in [-0.2, 0) is 4.74 Å². The fourth-order valence-corrected chi connectivity index (χ4v) is 3.77. The molecule has 8 nitrogen and oxygen atoms in total. The molecule has 1 atom stereocenters. The lowest BCUT2D eigenvalue weighted by atomic mass is 10.0. The summed E-state index contributed by atoms with van der Waals surface area (Å²) in [4.78, 5) is 18.2. The second-order valence-electron chi connectivity index (χ2n) is 8.19. The van der Waals surface area contributed by atoms with Crippen molar-refractivity contribution in [3.8, 4) is 11.1 Å². The van der Waals surface area contributed by atoms with Crippen LogP contribution in [0.4, 0.5) is 10.6 Å². The van der Waals surface area contributed by atoms with Crippen molar-refractivity contribution in [1.29, 1.82) is 0 Å². The Balaban J connectivity index is 1.43. The molecule has 1 amide bonds. The molecule has 31 heavy (non-hydrogen) atoms. The van der Waals surface area contributed by atoms with E-state index in [1.807, 2.05) is 32.3 Å². The molecule has 164 valence electrons. The normalized spacial score (nSPS) is 16.1. The van der Waals surface area contributed by atoms with Gasteiger partial charge in [-0.1, -0.05) is 24.3 Å². The van der Waals surface area contributed by atoms with Gasteiger partial charge in [0.15, 0.2) is 5.65 Å². The molecule has 1 aliphatic rings. The molecule has 0 saturated carbocycles. The minimum atomic E-state index is -0.325. The van der Waals surface area contributed by atoms with E-state index in [4.69, 9.17) is 9.72 Å². The summed E-state index contributed by atoms with van der Waals surface area (Å²) in [5.41, 5.74) is 4.21. The maximum absolute atomic E-state index is 11.9. The summed E-state index contributed by atoms with van der Waals surface area (Å²) in [5, 5.41) is 11.3. The molecular formula is C23H30N6O2. The zero-order valence-corrected chi connectivity index (χ0v) is 18.3. The van der Waals surface area contributed by atoms with E-state index in [2.05, 4.69) is 40.0 Å². The van der Waals surface area contributed by atoms with Crippen LogP contribution in [0.25, 0.3) is 16.8 Å². The highest BCUT2D eigenvalue weighted by Crippen LogP contribution is 2.28. The van der Waals surface area contributed by atoms with Crippen molar-refractivity contribution in [1.82, 2.24) is 24.8 Å². The highest BCUT2D eigenvalue weighted by molar-refractivity contribution is 5.77. The highest BCUT2D eigenvalue weighted by Gasteiger charge is 2.17. The molecule has 1 aliphatic heterocycles. The first kappa shape index (κ1) is 21.1. The summed E-state index contributed by atoms with van der Waals surface area (Å²) in [7, 11) is 1.73. The molecule has 2 aromatic heterocycles. The van der Waals surface area contributed by atoms with E-state index in [9.17, 15) is 4.79 Å². The maximum atomic E-state index is 11.9. The fourth-order valence-electron chi connectivity index (χ4n) is 3.77. The van der Waals surface area contributed by atoms with E-state index < -0.39 is 0 Å². The Labute approximate surface area is 182 Å². The van der Waals surface area contributed by atoms with Crippen LogP contribution in [0.3, 0.4) is 0 Å². The van der Waals surface area contributed by atoms with Crippen molar-refractivity contribution in [2.45, 2.75) is 38.8 Å². The summed E-state index contributed by atoms with van der Waals surface area (Å²) >= 11 is 0. The van der Waals surface area contributed by atoms with E-state index >= 15 is 0 Å². The zero-order chi connectivity index (χ0) is 21.8. The summed E-state index contributed by atoms with van der Waals surface area (Å²) in [5.74, 6) is 0.742. The predicted octanol–water partition coefficient (Wildman–Crippen LogP) is 3.71. The molecule has 2 N–H and O–H groups in total. The Morgan fingerprint density at radius 2 is 2.13 bits per heavy atom. The van der Waals surface area contributed by atoms with Gasteiger partial charge in [-0.05, 0) is 50.4 Å². The van der Waals surface area contributed by atoms with Crippen LogP contribution in [0.2, 0.25) is 0 Å². The number of benzene rings is 1. The first-order valence-electron chi connectivity index (χ1n) is 10.8. The third-order valence-electron chi connectivity index (χ3n) is 5.46. The van der Waals surface area contributed by atoms with Gasteiger partial charge in [-0.3, -0.25) is 0 Å². The molecular weight excluding hydrogens is 392 g/mol. The molecule has 0 radical (unpaired) electrons. The van der Waals surface area contributed by atoms with Gasteiger partial charge in [0.2, 0.25) is 0 Å². The van der Waals surface area contributed by atoms with Crippen molar-refractivity contribution in [2.24, 2.45) is 0 Å². The van der Waals surface area contributed by atoms with Crippen LogP contribution in [0, 0.1) is 0 Å². The highest BCUT2D eigenvalue weighted by atomic mass is 16.6. The van der Waals surface area contributed by atoms with E-state index in [-0.39, 0.29) is 12.2 Å². The van der Waals surface area contributed by atoms with Gasteiger partial charge in [0.1, 0.15) is 5.82 Å². The molecule has 1 saturated heterocycles. The summed E-state index contributed by atoms with van der Waals surface area (Å²) < 4.78 is 6.97. The number of anilines is 1. The first-order valence-corrected chi connectivity index (χ1v) is 10.8. The van der Waals surface area contributed by atoms with Gasteiger partial charge in [0.25, 0.3) is 0 Å². The lowest BCUT2D eigenvalue weighted by Gasteiger charge is -2.19. The Hall–Kier alpha value is -3.13. The number of nitrogens with one attached hydrogen (secondary N) is 2. The van der Waals surface area contributed by atoms with Crippen molar-refractivity contribution < 1.29 is 9.53 Å². The number of hydrogen-bond acceptors (Lipinski definition) is 6. The van der Waals surface area contributed by atoms with Crippen LogP contribution in [0.1, 0.15) is 38.3 Å². The predicted molar refractivity (Wildman–Crippen MR) is 121 cm³/mol. The van der Waals surface area contributed by atoms with Gasteiger partial charge >= 0.3 is 6.09 Å². The van der Waals surface area contributed by atoms with Crippen molar-refractivity contribution >= 4 is 17.6 Å². The van der Waals surface area contributed by atoms with Gasteiger partial charge < -0.3 is 20.3 Å².